The van der Waals surface area contributed by atoms with Crippen LogP contribution in [0.25, 0.3) is 0 Å². The molecule has 1 aromatic carbocycles. The summed E-state index contributed by atoms with van der Waals surface area (Å²) >= 11 is 0. The van der Waals surface area contributed by atoms with E-state index in [0.29, 0.717) is 12.0 Å². The lowest BCUT2D eigenvalue weighted by molar-refractivity contribution is -0.108. The van der Waals surface area contributed by atoms with Gasteiger partial charge in [-0.25, -0.2) is 0 Å². The van der Waals surface area contributed by atoms with Crippen LogP contribution in [0.2, 0.25) is 0 Å². The zero-order valence-corrected chi connectivity index (χ0v) is 19.7. The van der Waals surface area contributed by atoms with Gasteiger partial charge < -0.3 is 15.0 Å². The highest BCUT2D eigenvalue weighted by molar-refractivity contribution is 5.49. The third-order valence-electron chi connectivity index (χ3n) is 7.23. The fraction of sp³-hybridized carbons (Fsp3) is 0.556. The number of aryl methyl sites for hydroxylation is 3. The average molecular weight is 435 g/mol. The van der Waals surface area contributed by atoms with Crippen LogP contribution in [0, 0.1) is 12.8 Å². The Morgan fingerprint density at radius 1 is 1.06 bits per heavy atom. The summed E-state index contributed by atoms with van der Waals surface area (Å²) in [5, 5.41) is 3.26. The molecule has 0 bridgehead atoms. The van der Waals surface area contributed by atoms with Gasteiger partial charge in [0, 0.05) is 38.8 Å². The van der Waals surface area contributed by atoms with Crippen molar-refractivity contribution in [2.24, 2.45) is 5.92 Å². The van der Waals surface area contributed by atoms with E-state index in [1.54, 1.807) is 0 Å². The maximum absolute atomic E-state index is 10.1. The first-order chi connectivity index (χ1) is 15.7. The van der Waals surface area contributed by atoms with Gasteiger partial charge in [-0.3, -0.25) is 9.88 Å². The van der Waals surface area contributed by atoms with E-state index < -0.39 is 0 Å². The molecule has 5 nitrogen and oxygen atoms in total. The van der Waals surface area contributed by atoms with Crippen LogP contribution in [-0.4, -0.2) is 67.4 Å². The summed E-state index contributed by atoms with van der Waals surface area (Å²) in [4.78, 5) is 19.9. The van der Waals surface area contributed by atoms with Gasteiger partial charge in [0.2, 0.25) is 0 Å². The zero-order chi connectivity index (χ0) is 22.3. The van der Waals surface area contributed by atoms with E-state index in [-0.39, 0.29) is 0 Å². The summed E-state index contributed by atoms with van der Waals surface area (Å²) in [6.45, 7) is 8.90. The van der Waals surface area contributed by atoms with Gasteiger partial charge in [0.15, 0.2) is 0 Å². The number of hydrogen-bond donors (Lipinski definition) is 1. The molecule has 2 aromatic rings. The van der Waals surface area contributed by atoms with Gasteiger partial charge >= 0.3 is 0 Å². The predicted octanol–water partition coefficient (Wildman–Crippen LogP) is 3.40. The third kappa shape index (κ3) is 5.64. The van der Waals surface area contributed by atoms with Crippen molar-refractivity contribution >= 4 is 6.29 Å². The van der Waals surface area contributed by atoms with Crippen LogP contribution in [0.3, 0.4) is 0 Å². The average Bonchev–Trinajstić information content (AvgIpc) is 2.98. The highest BCUT2D eigenvalue weighted by Gasteiger charge is 2.31. The van der Waals surface area contributed by atoms with Gasteiger partial charge in [-0.1, -0.05) is 29.8 Å². The summed E-state index contributed by atoms with van der Waals surface area (Å²) in [6.07, 6.45) is 8.35. The van der Waals surface area contributed by atoms with Gasteiger partial charge in [-0.2, -0.15) is 0 Å². The lowest BCUT2D eigenvalue weighted by Crippen LogP contribution is -2.46. The van der Waals surface area contributed by atoms with Gasteiger partial charge in [0.1, 0.15) is 6.29 Å². The van der Waals surface area contributed by atoms with Crippen LogP contribution in [0.1, 0.15) is 53.3 Å². The Morgan fingerprint density at radius 2 is 1.81 bits per heavy atom. The molecule has 1 aliphatic carbocycles. The lowest BCUT2D eigenvalue weighted by atomic mass is 9.95. The molecular formula is C27H38N4O. The van der Waals surface area contributed by atoms with E-state index >= 15 is 0 Å². The maximum atomic E-state index is 10.1. The monoisotopic (exact) mass is 434 g/mol. The van der Waals surface area contributed by atoms with Gasteiger partial charge in [-0.05, 0) is 81.4 Å². The molecule has 2 saturated heterocycles. The molecule has 1 N–H and O–H groups in total. The lowest BCUT2D eigenvalue weighted by Gasteiger charge is -2.38. The number of aromatic nitrogens is 1. The molecule has 3 aliphatic rings. The van der Waals surface area contributed by atoms with Crippen molar-refractivity contribution in [3.05, 3.63) is 64.5 Å². The first-order valence-corrected chi connectivity index (χ1v) is 12.3. The van der Waals surface area contributed by atoms with Crippen molar-refractivity contribution in [3.63, 3.8) is 0 Å². The molecule has 3 heterocycles. The van der Waals surface area contributed by atoms with E-state index in [9.17, 15) is 4.79 Å². The number of fused-ring (bicyclic) bond motifs is 2. The zero-order valence-electron chi connectivity index (χ0n) is 19.7. The maximum Gasteiger partial charge on any atom is 0.120 e. The highest BCUT2D eigenvalue weighted by Crippen LogP contribution is 2.36. The number of rotatable bonds is 3. The van der Waals surface area contributed by atoms with E-state index in [1.165, 1.54) is 40.8 Å². The largest absolute Gasteiger partial charge is 0.317 e. The molecule has 0 saturated carbocycles. The Labute approximate surface area is 193 Å². The fourth-order valence-electron chi connectivity index (χ4n) is 5.25. The van der Waals surface area contributed by atoms with Gasteiger partial charge in [0.25, 0.3) is 0 Å². The van der Waals surface area contributed by atoms with Crippen molar-refractivity contribution in [3.8, 4) is 0 Å². The number of hydrogen-bond acceptors (Lipinski definition) is 5. The van der Waals surface area contributed by atoms with E-state index in [2.05, 4.69) is 59.4 Å². The van der Waals surface area contributed by atoms with E-state index in [1.807, 2.05) is 6.20 Å². The van der Waals surface area contributed by atoms with Crippen LogP contribution in [0.5, 0.6) is 0 Å². The van der Waals surface area contributed by atoms with Crippen molar-refractivity contribution in [2.75, 3.05) is 46.3 Å². The smallest absolute Gasteiger partial charge is 0.120 e. The predicted molar refractivity (Wildman–Crippen MR) is 130 cm³/mol. The molecule has 2 fully saturated rings. The van der Waals surface area contributed by atoms with Crippen molar-refractivity contribution in [2.45, 2.75) is 45.1 Å². The molecule has 2 aliphatic heterocycles. The number of likely N-dealkylation sites (N-methyl/N-ethyl adjacent to an activating group) is 1. The number of pyridine rings is 1. The van der Waals surface area contributed by atoms with Gasteiger partial charge in [-0.15, -0.1) is 0 Å². The van der Waals surface area contributed by atoms with Crippen LogP contribution in [0.15, 0.2) is 36.5 Å². The Bertz CT molecular complexity index is 885. The van der Waals surface area contributed by atoms with Crippen LogP contribution < -0.4 is 5.32 Å². The number of piperazine rings is 1. The topological polar surface area (TPSA) is 48.5 Å². The molecule has 0 radical (unpaired) electrons. The number of nitrogens with one attached hydrogen (secondary N) is 1. The summed E-state index contributed by atoms with van der Waals surface area (Å²) in [7, 11) is 2.22. The summed E-state index contributed by atoms with van der Waals surface area (Å²) in [5.74, 6) is 0.670. The highest BCUT2D eigenvalue weighted by atomic mass is 16.1. The Morgan fingerprint density at radius 3 is 2.56 bits per heavy atom. The minimum Gasteiger partial charge on any atom is -0.317 e. The molecule has 32 heavy (non-hydrogen) atoms. The first-order valence-electron chi connectivity index (χ1n) is 12.3. The first kappa shape index (κ1) is 23.1. The second kappa shape index (κ2) is 11.2. The number of piperidine rings is 1. The normalized spacial score (nSPS) is 22.1. The summed E-state index contributed by atoms with van der Waals surface area (Å²) in [5.41, 5.74) is 7.04. The number of carbonyl (C=O) groups is 1. The molecule has 172 valence electrons. The Hall–Kier alpha value is -2.08. The number of nitrogens with zero attached hydrogens (tertiary/aromatic N) is 3. The standard InChI is InChI=1S/C20H25N3.C7H13NO/c1-15-5-8-18-17(14-15)7-6-16-4-3-9-21-19(16)20(18)23-12-10-22(2)11-13-23;9-6-3-7-1-4-8-5-2-7/h3-5,8-9,14,20H,6-7,10-13H2,1-2H3;6-8H,1-5H2. The van der Waals surface area contributed by atoms with Gasteiger partial charge in [0.05, 0.1) is 11.7 Å². The molecule has 5 rings (SSSR count). The minimum atomic E-state index is 0.318. The second-order valence-corrected chi connectivity index (χ2v) is 9.59. The molecule has 1 unspecified atom stereocenters. The van der Waals surface area contributed by atoms with Crippen molar-refractivity contribution < 1.29 is 4.79 Å². The molecule has 1 atom stereocenters. The van der Waals surface area contributed by atoms with Crippen molar-refractivity contribution in [1.82, 2.24) is 20.1 Å². The summed E-state index contributed by atoms with van der Waals surface area (Å²) < 4.78 is 0. The Balaban J connectivity index is 0.000000230. The number of benzene rings is 1. The van der Waals surface area contributed by atoms with Crippen molar-refractivity contribution in [1.29, 1.82) is 0 Å². The molecule has 5 heteroatoms. The fourth-order valence-corrected chi connectivity index (χ4v) is 5.25. The van der Waals surface area contributed by atoms with E-state index in [0.717, 1.165) is 64.8 Å². The minimum absolute atomic E-state index is 0.318. The number of aldehydes is 1. The Kier molecular flexibility index (Phi) is 8.06. The third-order valence-corrected chi connectivity index (χ3v) is 7.23. The quantitative estimate of drug-likeness (QED) is 0.751. The SMILES string of the molecule is Cc1ccc2c(c1)CCc1cccnc1C2N1CCN(C)CC1.O=CCC1CCNCC1. The second-order valence-electron chi connectivity index (χ2n) is 9.59. The summed E-state index contributed by atoms with van der Waals surface area (Å²) in [6, 6.07) is 11.7. The van der Waals surface area contributed by atoms with E-state index in [4.69, 9.17) is 4.98 Å². The number of carbonyl (C=O) groups excluding carboxylic acids is 1. The van der Waals surface area contributed by atoms with Crippen LogP contribution in [0.4, 0.5) is 0 Å². The molecule has 0 spiro atoms. The van der Waals surface area contributed by atoms with Crippen LogP contribution >= 0.6 is 0 Å². The van der Waals surface area contributed by atoms with Crippen LogP contribution in [-0.2, 0) is 17.6 Å². The molecule has 0 amide bonds. The molecular weight excluding hydrogens is 396 g/mol. The molecule has 1 aromatic heterocycles.